The highest BCUT2D eigenvalue weighted by Gasteiger charge is 2.09. The zero-order valence-corrected chi connectivity index (χ0v) is 11.2. The molecule has 1 N–H and O–H groups in total. The fourth-order valence-electron chi connectivity index (χ4n) is 1.61. The monoisotopic (exact) mass is 235 g/mol. The number of pyridine rings is 1. The Labute approximate surface area is 102 Å². The highest BCUT2D eigenvalue weighted by molar-refractivity contribution is 5.73. The van der Waals surface area contributed by atoms with Gasteiger partial charge in [0.15, 0.2) is 5.65 Å². The van der Waals surface area contributed by atoms with Crippen molar-refractivity contribution in [1.29, 1.82) is 0 Å². The molecule has 0 fully saturated rings. The summed E-state index contributed by atoms with van der Waals surface area (Å²) in [5, 5.41) is 3.70. The summed E-state index contributed by atoms with van der Waals surface area (Å²) >= 11 is 0. The van der Waals surface area contributed by atoms with Crippen LogP contribution in [-0.2, 0) is 6.42 Å². The summed E-state index contributed by atoms with van der Waals surface area (Å²) in [6.45, 7) is 9.99. The number of aromatic amines is 1. The van der Waals surface area contributed by atoms with E-state index in [0.29, 0.717) is 11.0 Å². The third-order valence-electron chi connectivity index (χ3n) is 2.51. The van der Waals surface area contributed by atoms with Crippen molar-refractivity contribution in [3.8, 4) is 0 Å². The van der Waals surface area contributed by atoms with Crippen LogP contribution in [0.25, 0.3) is 11.0 Å². The van der Waals surface area contributed by atoms with E-state index in [0.717, 1.165) is 12.1 Å². The largest absolute Gasteiger partial charge is 0.278 e. The van der Waals surface area contributed by atoms with Crippen LogP contribution in [0.1, 0.15) is 46.4 Å². The molecule has 2 aromatic heterocycles. The Bertz CT molecular complexity index is 537. The van der Waals surface area contributed by atoms with E-state index >= 15 is 0 Å². The average Bonchev–Trinajstić information content (AvgIpc) is 2.69. The molecule has 4 nitrogen and oxygen atoms in total. The fraction of sp³-hybridized carbons (Fsp3) is 0.538. The topological polar surface area (TPSA) is 50.7 Å². The van der Waals surface area contributed by atoms with Crippen LogP contribution in [0.5, 0.6) is 0 Å². The van der Waals surface area contributed by atoms with Gasteiger partial charge in [-0.25, -0.2) is 9.67 Å². The second-order valence-electron chi connectivity index (χ2n) is 3.93. The van der Waals surface area contributed by atoms with Crippen molar-refractivity contribution >= 4 is 11.0 Å². The molecule has 0 saturated heterocycles. The van der Waals surface area contributed by atoms with Crippen LogP contribution in [0.2, 0.25) is 0 Å². The van der Waals surface area contributed by atoms with Crippen LogP contribution in [0.15, 0.2) is 16.9 Å². The summed E-state index contributed by atoms with van der Waals surface area (Å²) in [6, 6.07) is 3.89. The van der Waals surface area contributed by atoms with E-state index in [-0.39, 0.29) is 11.6 Å². The highest BCUT2D eigenvalue weighted by atomic mass is 16.1. The molecule has 0 unspecified atom stereocenters. The summed E-state index contributed by atoms with van der Waals surface area (Å²) in [6.07, 6.45) is 0.880. The quantitative estimate of drug-likeness (QED) is 0.870. The maximum atomic E-state index is 11.9. The Kier molecular flexibility index (Phi) is 4.49. The van der Waals surface area contributed by atoms with Crippen LogP contribution >= 0.6 is 0 Å². The number of aromatic nitrogens is 3. The lowest BCUT2D eigenvalue weighted by Gasteiger charge is -2.02. The van der Waals surface area contributed by atoms with Crippen molar-refractivity contribution in [1.82, 2.24) is 14.8 Å². The molecule has 2 heterocycles. The normalized spacial score (nSPS) is 10.5. The van der Waals surface area contributed by atoms with Crippen LogP contribution < -0.4 is 5.56 Å². The molecule has 0 bridgehead atoms. The Hall–Kier alpha value is -1.58. The van der Waals surface area contributed by atoms with Crippen LogP contribution in [0, 0.1) is 0 Å². The molecule has 0 amide bonds. The molecular weight excluding hydrogens is 214 g/mol. The predicted molar refractivity (Wildman–Crippen MR) is 71.5 cm³/mol. The first kappa shape index (κ1) is 13.5. The number of H-pyrrole nitrogens is 1. The Morgan fingerprint density at radius 1 is 1.35 bits per heavy atom. The minimum Gasteiger partial charge on any atom is -0.278 e. The van der Waals surface area contributed by atoms with E-state index in [1.807, 2.05) is 46.8 Å². The number of rotatable bonds is 2. The van der Waals surface area contributed by atoms with Crippen molar-refractivity contribution in [3.63, 3.8) is 0 Å². The first-order valence-corrected chi connectivity index (χ1v) is 6.23. The second kappa shape index (κ2) is 5.66. The summed E-state index contributed by atoms with van der Waals surface area (Å²) < 4.78 is 1.61. The van der Waals surface area contributed by atoms with E-state index in [4.69, 9.17) is 0 Å². The smallest absolute Gasteiger partial charge is 0.276 e. The molecule has 0 atom stereocenters. The lowest BCUT2D eigenvalue weighted by atomic mass is 10.2. The van der Waals surface area contributed by atoms with Gasteiger partial charge >= 0.3 is 0 Å². The molecule has 2 aromatic rings. The number of fused-ring (bicyclic) bond motifs is 1. The molecule has 0 radical (unpaired) electrons. The van der Waals surface area contributed by atoms with Crippen molar-refractivity contribution in [3.05, 3.63) is 28.2 Å². The molecule has 0 aliphatic rings. The van der Waals surface area contributed by atoms with Gasteiger partial charge < -0.3 is 0 Å². The van der Waals surface area contributed by atoms with Gasteiger partial charge in [-0.05, 0) is 32.4 Å². The molecule has 0 aliphatic heterocycles. The van der Waals surface area contributed by atoms with Gasteiger partial charge in [-0.1, -0.05) is 20.8 Å². The molecule has 0 aliphatic carbocycles. The van der Waals surface area contributed by atoms with Gasteiger partial charge in [-0.2, -0.15) is 0 Å². The zero-order chi connectivity index (χ0) is 13.0. The van der Waals surface area contributed by atoms with Gasteiger partial charge in [0.05, 0.1) is 5.39 Å². The van der Waals surface area contributed by atoms with Crippen molar-refractivity contribution in [2.45, 2.75) is 47.1 Å². The molecule has 4 heteroatoms. The number of hydrogen-bond acceptors (Lipinski definition) is 2. The standard InChI is InChI=1S/C11H15N3O.C2H6/c1-4-8-5-6-9-10(12-8)13-14(7(2)3)11(9)15;1-2/h5-7H,4H2,1-3H3,(H,12,13);1-2H3. The van der Waals surface area contributed by atoms with E-state index in [9.17, 15) is 4.79 Å². The number of nitrogens with one attached hydrogen (secondary N) is 1. The average molecular weight is 235 g/mol. The molecule has 0 aromatic carbocycles. The fourth-order valence-corrected chi connectivity index (χ4v) is 1.61. The van der Waals surface area contributed by atoms with Crippen molar-refractivity contribution < 1.29 is 0 Å². The van der Waals surface area contributed by atoms with Gasteiger partial charge in [0.2, 0.25) is 0 Å². The summed E-state index contributed by atoms with van der Waals surface area (Å²) in [7, 11) is 0. The first-order chi connectivity index (χ1) is 8.13. The summed E-state index contributed by atoms with van der Waals surface area (Å²) in [5.41, 5.74) is 1.70. The van der Waals surface area contributed by atoms with Crippen LogP contribution in [-0.4, -0.2) is 14.8 Å². The number of hydrogen-bond donors (Lipinski definition) is 1. The van der Waals surface area contributed by atoms with Gasteiger partial charge in [0.25, 0.3) is 5.56 Å². The summed E-state index contributed by atoms with van der Waals surface area (Å²) in [5.74, 6) is 0. The molecule has 0 saturated carbocycles. The van der Waals surface area contributed by atoms with E-state index in [2.05, 4.69) is 10.1 Å². The Morgan fingerprint density at radius 3 is 2.53 bits per heavy atom. The van der Waals surface area contributed by atoms with Crippen LogP contribution in [0.3, 0.4) is 0 Å². The minimum absolute atomic E-state index is 0.00940. The van der Waals surface area contributed by atoms with Crippen molar-refractivity contribution in [2.24, 2.45) is 0 Å². The highest BCUT2D eigenvalue weighted by Crippen LogP contribution is 2.09. The van der Waals surface area contributed by atoms with Gasteiger partial charge in [-0.15, -0.1) is 0 Å². The second-order valence-corrected chi connectivity index (χ2v) is 3.93. The van der Waals surface area contributed by atoms with Crippen molar-refractivity contribution in [2.75, 3.05) is 0 Å². The predicted octanol–water partition coefficient (Wildman–Crippen LogP) is 2.89. The number of aryl methyl sites for hydroxylation is 1. The number of nitrogens with zero attached hydrogens (tertiary/aromatic N) is 2. The third-order valence-corrected chi connectivity index (χ3v) is 2.51. The van der Waals surface area contributed by atoms with E-state index in [1.54, 1.807) is 4.68 Å². The third kappa shape index (κ3) is 2.57. The molecule has 94 valence electrons. The first-order valence-electron chi connectivity index (χ1n) is 6.23. The SMILES string of the molecule is CC.CCc1ccc2c(=O)n(C(C)C)[nH]c2n1. The van der Waals surface area contributed by atoms with Gasteiger partial charge in [0, 0.05) is 11.7 Å². The Morgan fingerprint density at radius 2 is 2.00 bits per heavy atom. The summed E-state index contributed by atoms with van der Waals surface area (Å²) in [4.78, 5) is 16.2. The molecule has 0 spiro atoms. The lowest BCUT2D eigenvalue weighted by molar-refractivity contribution is 0.521. The maximum absolute atomic E-state index is 11.9. The lowest BCUT2D eigenvalue weighted by Crippen LogP contribution is -2.18. The van der Waals surface area contributed by atoms with Crippen LogP contribution in [0.4, 0.5) is 0 Å². The molecule has 2 rings (SSSR count). The van der Waals surface area contributed by atoms with E-state index in [1.165, 1.54) is 0 Å². The molecule has 17 heavy (non-hydrogen) atoms. The Balaban J connectivity index is 0.000000686. The minimum atomic E-state index is 0.00940. The zero-order valence-electron chi connectivity index (χ0n) is 11.2. The van der Waals surface area contributed by atoms with Gasteiger partial charge in [0.1, 0.15) is 0 Å². The molecular formula is C13H21N3O. The van der Waals surface area contributed by atoms with E-state index < -0.39 is 0 Å². The maximum Gasteiger partial charge on any atom is 0.276 e. The van der Waals surface area contributed by atoms with Gasteiger partial charge in [-0.3, -0.25) is 9.89 Å².